The summed E-state index contributed by atoms with van der Waals surface area (Å²) in [4.78, 5) is 24.3. The SMILES string of the molecule is C=CC(=C/CC=O)/C(C=C)=C\C(=C)C(=O)/C(C)=C\c1ccc2c(C3=C/C=C\C=C/C=C/C=C/C(c4ccccc4)=C\3)cccccccc2c1. The van der Waals surface area contributed by atoms with Crippen molar-refractivity contribution in [2.24, 2.45) is 0 Å². The van der Waals surface area contributed by atoms with Crippen molar-refractivity contribution in [1.29, 1.82) is 0 Å². The number of carbonyl (C=O) groups is 2. The van der Waals surface area contributed by atoms with Crippen molar-refractivity contribution in [3.05, 3.63) is 235 Å². The van der Waals surface area contributed by atoms with E-state index in [1.807, 2.05) is 72.9 Å². The lowest BCUT2D eigenvalue weighted by molar-refractivity contribution is -0.111. The van der Waals surface area contributed by atoms with Gasteiger partial charge in [-0.1, -0.05) is 178 Å². The smallest absolute Gasteiger partial charge is 0.188 e. The number of allylic oxidation sites excluding steroid dienone is 20. The van der Waals surface area contributed by atoms with Gasteiger partial charge in [0.25, 0.3) is 0 Å². The maximum atomic E-state index is 13.4. The highest BCUT2D eigenvalue weighted by Gasteiger charge is 2.11. The lowest BCUT2D eigenvalue weighted by Crippen LogP contribution is -2.02. The second-order valence-electron chi connectivity index (χ2n) is 11.4. The molecule has 0 fully saturated rings. The van der Waals surface area contributed by atoms with Crippen LogP contribution in [0.5, 0.6) is 0 Å². The summed E-state index contributed by atoms with van der Waals surface area (Å²) < 4.78 is 0. The number of rotatable bonds is 11. The van der Waals surface area contributed by atoms with Crippen LogP contribution in [0.15, 0.2) is 218 Å². The summed E-state index contributed by atoms with van der Waals surface area (Å²) in [5.41, 5.74) is 7.45. The van der Waals surface area contributed by atoms with Gasteiger partial charge in [0.05, 0.1) is 0 Å². The van der Waals surface area contributed by atoms with E-state index in [-0.39, 0.29) is 12.2 Å². The molecule has 0 atom stereocenters. The molecular formula is C48H42O2. The molecule has 0 bridgehead atoms. The molecule has 4 rings (SSSR count). The molecular weight excluding hydrogens is 609 g/mol. The average molecular weight is 651 g/mol. The zero-order valence-corrected chi connectivity index (χ0v) is 28.5. The number of hydrogen-bond acceptors (Lipinski definition) is 2. The van der Waals surface area contributed by atoms with E-state index in [1.165, 1.54) is 0 Å². The van der Waals surface area contributed by atoms with Gasteiger partial charge in [0, 0.05) is 12.0 Å². The Hall–Kier alpha value is -6.38. The molecule has 0 heterocycles. The molecule has 0 unspecified atom stereocenters. The molecule has 0 saturated carbocycles. The second kappa shape index (κ2) is 19.4. The van der Waals surface area contributed by atoms with Crippen molar-refractivity contribution in [1.82, 2.24) is 0 Å². The minimum absolute atomic E-state index is 0.187. The maximum Gasteiger partial charge on any atom is 0.188 e. The Balaban J connectivity index is 1.85. The Morgan fingerprint density at radius 2 is 1.36 bits per heavy atom. The minimum Gasteiger partial charge on any atom is -0.303 e. The molecule has 3 aromatic carbocycles. The van der Waals surface area contributed by atoms with E-state index in [9.17, 15) is 9.59 Å². The number of benzene rings is 2. The Bertz CT molecular complexity index is 2100. The van der Waals surface area contributed by atoms with Gasteiger partial charge in [0.1, 0.15) is 6.29 Å². The van der Waals surface area contributed by atoms with Crippen molar-refractivity contribution < 1.29 is 9.59 Å². The van der Waals surface area contributed by atoms with Crippen LogP contribution < -0.4 is 0 Å². The van der Waals surface area contributed by atoms with Crippen molar-refractivity contribution in [3.8, 4) is 0 Å². The first kappa shape index (κ1) is 36.5. The van der Waals surface area contributed by atoms with Gasteiger partial charge in [-0.2, -0.15) is 0 Å². The molecule has 246 valence electrons. The first-order valence-electron chi connectivity index (χ1n) is 16.5. The largest absolute Gasteiger partial charge is 0.303 e. The summed E-state index contributed by atoms with van der Waals surface area (Å²) in [6.45, 7) is 13.5. The van der Waals surface area contributed by atoms with Crippen LogP contribution in [0, 0.1) is 0 Å². The summed E-state index contributed by atoms with van der Waals surface area (Å²) in [5, 5.41) is 2.07. The van der Waals surface area contributed by atoms with Gasteiger partial charge in [-0.25, -0.2) is 0 Å². The highest BCUT2D eigenvalue weighted by Crippen LogP contribution is 2.30. The third-order valence-electron chi connectivity index (χ3n) is 7.87. The van der Waals surface area contributed by atoms with Crippen LogP contribution in [0.2, 0.25) is 0 Å². The van der Waals surface area contributed by atoms with Gasteiger partial charge in [-0.15, -0.1) is 0 Å². The molecule has 2 nitrogen and oxygen atoms in total. The summed E-state index contributed by atoms with van der Waals surface area (Å²) in [6.07, 6.45) is 30.3. The number of aldehydes is 1. The van der Waals surface area contributed by atoms with Crippen LogP contribution in [0.1, 0.15) is 30.0 Å². The van der Waals surface area contributed by atoms with Crippen LogP contribution in [-0.4, -0.2) is 12.1 Å². The standard InChI is InChI=1S/C48H42O2/c1-5-40(28-22-32-49)41(6-2)34-38(4)48(50)37(3)33-39-30-31-47-44(35-39)26-17-13-10-14-21-29-46(47)45-27-18-12-9-7-8-11-16-25-43(36-45)42-23-19-15-20-24-42/h5-21,23-36H,1-2,4,22H2,3H3/b8-7?,9-7-,11-8+,12-9?,13-10?,14-10?,16-11?,17-13?,18-12-,21-14?,25-16+,26-17?,27-18?,29-21?,37-33-,40-28-,41-34-,43-25?,43-36+,44-26?,45-27+,45-36?,46-29?,47-46?. The molecule has 0 aliphatic heterocycles. The molecule has 0 amide bonds. The zero-order valence-electron chi connectivity index (χ0n) is 28.5. The molecule has 0 saturated heterocycles. The van der Waals surface area contributed by atoms with Gasteiger partial charge in [0.2, 0.25) is 0 Å². The zero-order chi connectivity index (χ0) is 35.6. The molecule has 2 heteroatoms. The van der Waals surface area contributed by atoms with E-state index in [2.05, 4.69) is 105 Å². The van der Waals surface area contributed by atoms with Crippen molar-refractivity contribution in [2.75, 3.05) is 0 Å². The lowest BCUT2D eigenvalue weighted by atomic mass is 9.94. The molecule has 0 radical (unpaired) electrons. The van der Waals surface area contributed by atoms with E-state index in [1.54, 1.807) is 31.2 Å². The van der Waals surface area contributed by atoms with Gasteiger partial charge in [-0.05, 0) is 86.5 Å². The summed E-state index contributed by atoms with van der Waals surface area (Å²) >= 11 is 0. The minimum atomic E-state index is -0.187. The quantitative estimate of drug-likeness (QED) is 0.118. The average Bonchev–Trinajstić information content (AvgIpc) is 3.13. The first-order chi connectivity index (χ1) is 24.4. The number of ketones is 1. The number of Topliss-reactive ketones (excluding diaryl/α,β-unsaturated/α-hetero) is 1. The van der Waals surface area contributed by atoms with Crippen molar-refractivity contribution in [2.45, 2.75) is 13.3 Å². The fourth-order valence-corrected chi connectivity index (χ4v) is 5.36. The van der Waals surface area contributed by atoms with Gasteiger partial charge < -0.3 is 4.79 Å². The molecule has 1 aliphatic rings. The molecule has 0 aromatic heterocycles. The van der Waals surface area contributed by atoms with Gasteiger partial charge in [-0.3, -0.25) is 4.79 Å². The fraction of sp³-hybridized carbons (Fsp3) is 0.0417. The third-order valence-corrected chi connectivity index (χ3v) is 7.87. The first-order valence-corrected chi connectivity index (χ1v) is 16.5. The molecule has 50 heavy (non-hydrogen) atoms. The van der Waals surface area contributed by atoms with E-state index in [4.69, 9.17) is 0 Å². The van der Waals surface area contributed by atoms with E-state index in [0.717, 1.165) is 50.5 Å². The Morgan fingerprint density at radius 1 is 0.720 bits per heavy atom. The second-order valence-corrected chi connectivity index (χ2v) is 11.4. The molecule has 3 aromatic rings. The third kappa shape index (κ3) is 10.6. The predicted octanol–water partition coefficient (Wildman–Crippen LogP) is 12.0. The van der Waals surface area contributed by atoms with Gasteiger partial charge in [0.15, 0.2) is 5.78 Å². The fourth-order valence-electron chi connectivity index (χ4n) is 5.36. The van der Waals surface area contributed by atoms with Gasteiger partial charge >= 0.3 is 0 Å². The monoisotopic (exact) mass is 650 g/mol. The van der Waals surface area contributed by atoms with Crippen LogP contribution in [0.3, 0.4) is 0 Å². The number of hydrogen-bond donors (Lipinski definition) is 0. The van der Waals surface area contributed by atoms with E-state index >= 15 is 0 Å². The number of fused-ring (bicyclic) bond motifs is 1. The van der Waals surface area contributed by atoms with E-state index in [0.29, 0.717) is 16.7 Å². The summed E-state index contributed by atoms with van der Waals surface area (Å²) in [6, 6.07) is 31.0. The Morgan fingerprint density at radius 3 is 2.08 bits per heavy atom. The highest BCUT2D eigenvalue weighted by molar-refractivity contribution is 6.12. The molecule has 1 aliphatic carbocycles. The Kier molecular flexibility index (Phi) is 14.2. The van der Waals surface area contributed by atoms with Crippen LogP contribution in [0.25, 0.3) is 28.0 Å². The van der Waals surface area contributed by atoms with Crippen molar-refractivity contribution >= 4 is 40.1 Å². The summed E-state index contributed by atoms with van der Waals surface area (Å²) in [5.74, 6) is -0.187. The lowest BCUT2D eigenvalue weighted by Gasteiger charge is -2.10. The van der Waals surface area contributed by atoms with Crippen LogP contribution in [-0.2, 0) is 9.59 Å². The topological polar surface area (TPSA) is 34.1 Å². The maximum absolute atomic E-state index is 13.4. The molecule has 0 N–H and O–H groups in total. The molecule has 0 spiro atoms. The van der Waals surface area contributed by atoms with Crippen LogP contribution >= 0.6 is 0 Å². The van der Waals surface area contributed by atoms with Crippen LogP contribution in [0.4, 0.5) is 0 Å². The summed E-state index contributed by atoms with van der Waals surface area (Å²) in [7, 11) is 0. The normalized spacial score (nSPS) is 18.3. The Labute approximate surface area is 296 Å². The predicted molar refractivity (Wildman–Crippen MR) is 216 cm³/mol. The van der Waals surface area contributed by atoms with Crippen molar-refractivity contribution in [3.63, 3.8) is 0 Å². The number of carbonyl (C=O) groups excluding carboxylic acids is 2. The van der Waals surface area contributed by atoms with E-state index < -0.39 is 0 Å². The highest BCUT2D eigenvalue weighted by atomic mass is 16.1.